The van der Waals surface area contributed by atoms with Gasteiger partial charge in [0.05, 0.1) is 0 Å². The van der Waals surface area contributed by atoms with Gasteiger partial charge in [-0.15, -0.1) is 0 Å². The van der Waals surface area contributed by atoms with Gasteiger partial charge in [0.2, 0.25) is 0 Å². The van der Waals surface area contributed by atoms with Crippen molar-refractivity contribution in [3.05, 3.63) is 71.3 Å². The summed E-state index contributed by atoms with van der Waals surface area (Å²) in [5, 5.41) is 13.2. The molecule has 0 aromatic heterocycles. The summed E-state index contributed by atoms with van der Waals surface area (Å²) in [6.45, 7) is 4.20. The van der Waals surface area contributed by atoms with Crippen LogP contribution in [0.3, 0.4) is 0 Å². The molecule has 112 valence electrons. The quantitative estimate of drug-likeness (QED) is 0.657. The van der Waals surface area contributed by atoms with Gasteiger partial charge in [0.1, 0.15) is 5.75 Å². The molecule has 0 spiro atoms. The summed E-state index contributed by atoms with van der Waals surface area (Å²) in [5.41, 5.74) is 3.31. The van der Waals surface area contributed by atoms with Gasteiger partial charge in [-0.3, -0.25) is 4.79 Å². The highest BCUT2D eigenvalue weighted by atomic mass is 16.3. The number of allylic oxidation sites excluding steroid dienone is 1. The van der Waals surface area contributed by atoms with E-state index in [9.17, 15) is 9.90 Å². The molecule has 0 amide bonds. The maximum atomic E-state index is 12.4. The zero-order chi connectivity index (χ0) is 15.7. The highest BCUT2D eigenvalue weighted by molar-refractivity contribution is 6.08. The molecule has 2 aromatic carbocycles. The van der Waals surface area contributed by atoms with Crippen LogP contribution in [0.1, 0.15) is 35.3 Å². The number of phenolic OH excluding ortho intramolecular Hbond substituents is 1. The van der Waals surface area contributed by atoms with Crippen LogP contribution in [-0.2, 0) is 6.42 Å². The van der Waals surface area contributed by atoms with Crippen LogP contribution in [0.15, 0.2) is 54.6 Å². The van der Waals surface area contributed by atoms with Crippen molar-refractivity contribution in [3.8, 4) is 5.75 Å². The lowest BCUT2D eigenvalue weighted by Gasteiger charge is -2.35. The third kappa shape index (κ3) is 2.89. The molecule has 0 radical (unpaired) electrons. The van der Waals surface area contributed by atoms with E-state index in [0.717, 1.165) is 23.2 Å². The Labute approximate surface area is 130 Å². The topological polar surface area (TPSA) is 49.3 Å². The number of hydrogen-bond acceptors (Lipinski definition) is 3. The van der Waals surface area contributed by atoms with E-state index >= 15 is 0 Å². The third-order valence-electron chi connectivity index (χ3n) is 3.82. The first kappa shape index (κ1) is 14.4. The van der Waals surface area contributed by atoms with Gasteiger partial charge in [0, 0.05) is 28.4 Å². The number of carbonyl (C=O) groups excluding carboxylic acids is 1. The van der Waals surface area contributed by atoms with Gasteiger partial charge in [0.15, 0.2) is 5.78 Å². The van der Waals surface area contributed by atoms with Crippen molar-refractivity contribution in [2.45, 2.75) is 25.8 Å². The van der Waals surface area contributed by atoms with Gasteiger partial charge in [-0.1, -0.05) is 36.4 Å². The first-order valence-corrected chi connectivity index (χ1v) is 7.36. The number of nitrogens with one attached hydrogen (secondary N) is 1. The second kappa shape index (κ2) is 5.34. The van der Waals surface area contributed by atoms with E-state index in [2.05, 4.69) is 19.2 Å². The molecule has 0 fully saturated rings. The van der Waals surface area contributed by atoms with Gasteiger partial charge in [-0.2, -0.15) is 0 Å². The number of fused-ring (bicyclic) bond motifs is 1. The molecule has 2 aromatic rings. The summed E-state index contributed by atoms with van der Waals surface area (Å²) in [7, 11) is 0. The predicted octanol–water partition coefficient (Wildman–Crippen LogP) is 3.54. The molecular formula is C19H19NO2. The largest absolute Gasteiger partial charge is 0.508 e. The van der Waals surface area contributed by atoms with Gasteiger partial charge in [-0.25, -0.2) is 0 Å². The highest BCUT2D eigenvalue weighted by Gasteiger charge is 2.28. The van der Waals surface area contributed by atoms with Gasteiger partial charge < -0.3 is 10.4 Å². The maximum Gasteiger partial charge on any atom is 0.187 e. The Hall–Kier alpha value is -2.55. The summed E-state index contributed by atoms with van der Waals surface area (Å²) in [4.78, 5) is 12.4. The Kier molecular flexibility index (Phi) is 3.49. The molecule has 0 unspecified atom stereocenters. The highest BCUT2D eigenvalue weighted by Crippen LogP contribution is 2.32. The average Bonchev–Trinajstić information content (AvgIpc) is 2.48. The summed E-state index contributed by atoms with van der Waals surface area (Å²) >= 11 is 0. The van der Waals surface area contributed by atoms with Crippen LogP contribution in [0.25, 0.3) is 5.70 Å². The molecule has 0 bridgehead atoms. The Morgan fingerprint density at radius 1 is 1.18 bits per heavy atom. The van der Waals surface area contributed by atoms with Gasteiger partial charge in [0.25, 0.3) is 0 Å². The van der Waals surface area contributed by atoms with Crippen LogP contribution < -0.4 is 5.32 Å². The summed E-state index contributed by atoms with van der Waals surface area (Å²) in [5.74, 6) is 0.161. The van der Waals surface area contributed by atoms with Crippen molar-refractivity contribution in [2.24, 2.45) is 0 Å². The van der Waals surface area contributed by atoms with E-state index in [4.69, 9.17) is 0 Å². The minimum Gasteiger partial charge on any atom is -0.508 e. The van der Waals surface area contributed by atoms with Crippen LogP contribution in [0.5, 0.6) is 5.75 Å². The summed E-state index contributed by atoms with van der Waals surface area (Å²) in [6, 6.07) is 14.5. The first-order valence-electron chi connectivity index (χ1n) is 7.36. The van der Waals surface area contributed by atoms with Gasteiger partial charge >= 0.3 is 0 Å². The smallest absolute Gasteiger partial charge is 0.187 e. The third-order valence-corrected chi connectivity index (χ3v) is 3.82. The SMILES string of the molecule is CC1(C)Cc2ccc(O)cc2C(=CC(=O)c2ccccc2)N1. The molecule has 0 aliphatic carbocycles. The summed E-state index contributed by atoms with van der Waals surface area (Å²) < 4.78 is 0. The first-order chi connectivity index (χ1) is 10.4. The van der Waals surface area contributed by atoms with E-state index in [1.165, 1.54) is 0 Å². The molecule has 0 atom stereocenters. The Morgan fingerprint density at radius 3 is 2.64 bits per heavy atom. The minimum absolute atomic E-state index is 0.0462. The second-order valence-electron chi connectivity index (χ2n) is 6.32. The Balaban J connectivity index is 2.05. The number of hydrogen-bond donors (Lipinski definition) is 2. The molecule has 0 saturated heterocycles. The molecule has 3 nitrogen and oxygen atoms in total. The number of benzene rings is 2. The van der Waals surface area contributed by atoms with Crippen molar-refractivity contribution < 1.29 is 9.90 Å². The van der Waals surface area contributed by atoms with E-state index in [1.807, 2.05) is 24.3 Å². The zero-order valence-electron chi connectivity index (χ0n) is 12.8. The van der Waals surface area contributed by atoms with E-state index in [1.54, 1.807) is 30.3 Å². The van der Waals surface area contributed by atoms with Crippen molar-refractivity contribution in [1.82, 2.24) is 5.32 Å². The molecular weight excluding hydrogens is 274 g/mol. The Morgan fingerprint density at radius 2 is 1.91 bits per heavy atom. The fourth-order valence-electron chi connectivity index (χ4n) is 2.85. The van der Waals surface area contributed by atoms with Crippen molar-refractivity contribution in [3.63, 3.8) is 0 Å². The standard InChI is InChI=1S/C19H19NO2/c1-19(2)12-14-8-9-15(21)10-16(14)17(20-19)11-18(22)13-6-4-3-5-7-13/h3-11,20-21H,12H2,1-2H3. The number of phenols is 1. The number of aromatic hydroxyl groups is 1. The minimum atomic E-state index is -0.132. The lowest BCUT2D eigenvalue weighted by atomic mass is 9.85. The summed E-state index contributed by atoms with van der Waals surface area (Å²) in [6.07, 6.45) is 2.47. The molecule has 2 N–H and O–H groups in total. The Bertz CT molecular complexity index is 745. The normalized spacial score (nSPS) is 17.6. The fraction of sp³-hybridized carbons (Fsp3) is 0.211. The molecule has 3 heteroatoms. The molecule has 1 aliphatic heterocycles. The van der Waals surface area contributed by atoms with Crippen LogP contribution in [0.4, 0.5) is 0 Å². The zero-order valence-corrected chi connectivity index (χ0v) is 12.8. The van der Waals surface area contributed by atoms with Crippen LogP contribution in [-0.4, -0.2) is 16.4 Å². The molecule has 22 heavy (non-hydrogen) atoms. The molecule has 0 saturated carbocycles. The molecule has 1 aliphatic rings. The van der Waals surface area contributed by atoms with Gasteiger partial charge in [-0.05, 0) is 38.0 Å². The van der Waals surface area contributed by atoms with E-state index < -0.39 is 0 Å². The molecule has 3 rings (SSSR count). The molecule has 1 heterocycles. The van der Waals surface area contributed by atoms with Crippen molar-refractivity contribution in [2.75, 3.05) is 0 Å². The van der Waals surface area contributed by atoms with Crippen molar-refractivity contribution in [1.29, 1.82) is 0 Å². The number of rotatable bonds is 2. The van der Waals surface area contributed by atoms with Crippen LogP contribution in [0.2, 0.25) is 0 Å². The predicted molar refractivity (Wildman–Crippen MR) is 87.8 cm³/mol. The lowest BCUT2D eigenvalue weighted by molar-refractivity contribution is 0.104. The second-order valence-corrected chi connectivity index (χ2v) is 6.32. The van der Waals surface area contributed by atoms with Crippen LogP contribution in [0, 0.1) is 0 Å². The monoisotopic (exact) mass is 293 g/mol. The number of carbonyl (C=O) groups is 1. The average molecular weight is 293 g/mol. The fourth-order valence-corrected chi connectivity index (χ4v) is 2.85. The maximum absolute atomic E-state index is 12.4. The lowest BCUT2D eigenvalue weighted by Crippen LogP contribution is -2.43. The van der Waals surface area contributed by atoms with E-state index in [0.29, 0.717) is 5.56 Å². The van der Waals surface area contributed by atoms with E-state index in [-0.39, 0.29) is 17.1 Å². The number of ketones is 1. The van der Waals surface area contributed by atoms with Crippen molar-refractivity contribution >= 4 is 11.5 Å². The van der Waals surface area contributed by atoms with Crippen LogP contribution >= 0.6 is 0 Å².